The van der Waals surface area contributed by atoms with Gasteiger partial charge in [0, 0.05) is 20.7 Å². The molecule has 0 saturated carbocycles. The number of benzene rings is 2. The lowest BCUT2D eigenvalue weighted by atomic mass is 10.1. The van der Waals surface area contributed by atoms with Crippen molar-refractivity contribution in [3.63, 3.8) is 0 Å². The van der Waals surface area contributed by atoms with Crippen molar-refractivity contribution in [1.82, 2.24) is 0 Å². The molecule has 0 unspecified atom stereocenters. The van der Waals surface area contributed by atoms with Crippen LogP contribution < -0.4 is 11.1 Å². The van der Waals surface area contributed by atoms with E-state index in [1.54, 1.807) is 6.07 Å². The topological polar surface area (TPSA) is 55.1 Å². The van der Waals surface area contributed by atoms with Crippen LogP contribution in [-0.2, 0) is 11.2 Å². The van der Waals surface area contributed by atoms with Crippen molar-refractivity contribution < 1.29 is 4.79 Å². The summed E-state index contributed by atoms with van der Waals surface area (Å²) in [6, 6.07) is 13.0. The van der Waals surface area contributed by atoms with Gasteiger partial charge in [-0.25, -0.2) is 0 Å². The SMILES string of the molecule is Nc1cccc(CCC(=O)Nc2ccc(Cl)cc2I)c1. The number of halogens is 2. The van der Waals surface area contributed by atoms with Crippen molar-refractivity contribution in [2.75, 3.05) is 11.1 Å². The second-order valence-corrected chi connectivity index (χ2v) is 6.02. The van der Waals surface area contributed by atoms with Gasteiger partial charge < -0.3 is 11.1 Å². The van der Waals surface area contributed by atoms with Gasteiger partial charge >= 0.3 is 0 Å². The third-order valence-corrected chi connectivity index (χ3v) is 3.92. The van der Waals surface area contributed by atoms with Crippen LogP contribution in [0.15, 0.2) is 42.5 Å². The molecule has 2 aromatic carbocycles. The van der Waals surface area contributed by atoms with E-state index in [2.05, 4.69) is 27.9 Å². The van der Waals surface area contributed by atoms with Crippen molar-refractivity contribution >= 4 is 51.5 Å². The van der Waals surface area contributed by atoms with E-state index in [-0.39, 0.29) is 5.91 Å². The molecule has 0 atom stereocenters. The number of nitrogens with two attached hydrogens (primary N) is 1. The fourth-order valence-corrected chi connectivity index (χ4v) is 2.82. The number of nitrogens with one attached hydrogen (secondary N) is 1. The maximum absolute atomic E-state index is 11.9. The van der Waals surface area contributed by atoms with Gasteiger partial charge in [0.1, 0.15) is 0 Å². The normalized spacial score (nSPS) is 10.3. The summed E-state index contributed by atoms with van der Waals surface area (Å²) in [6.07, 6.45) is 1.09. The van der Waals surface area contributed by atoms with Crippen LogP contribution in [0, 0.1) is 3.57 Å². The molecule has 0 saturated heterocycles. The van der Waals surface area contributed by atoms with Crippen molar-refractivity contribution in [2.45, 2.75) is 12.8 Å². The third kappa shape index (κ3) is 4.38. The van der Waals surface area contributed by atoms with Gasteiger partial charge in [0.15, 0.2) is 0 Å². The first kappa shape index (κ1) is 15.1. The second kappa shape index (κ2) is 6.95. The summed E-state index contributed by atoms with van der Waals surface area (Å²) < 4.78 is 0.924. The van der Waals surface area contributed by atoms with E-state index >= 15 is 0 Å². The highest BCUT2D eigenvalue weighted by atomic mass is 127. The Morgan fingerprint density at radius 2 is 2.05 bits per heavy atom. The number of nitrogen functional groups attached to an aromatic ring is 1. The highest BCUT2D eigenvalue weighted by Crippen LogP contribution is 2.22. The van der Waals surface area contributed by atoms with Crippen LogP contribution in [0.4, 0.5) is 11.4 Å². The number of anilines is 2. The van der Waals surface area contributed by atoms with Gasteiger partial charge in [0.25, 0.3) is 0 Å². The van der Waals surface area contributed by atoms with E-state index in [4.69, 9.17) is 17.3 Å². The number of carbonyl (C=O) groups excluding carboxylic acids is 1. The van der Waals surface area contributed by atoms with Crippen LogP contribution in [0.3, 0.4) is 0 Å². The Balaban J connectivity index is 1.92. The monoisotopic (exact) mass is 400 g/mol. The van der Waals surface area contributed by atoms with E-state index in [9.17, 15) is 4.79 Å². The summed E-state index contributed by atoms with van der Waals surface area (Å²) >= 11 is 8.03. The van der Waals surface area contributed by atoms with E-state index in [0.29, 0.717) is 17.9 Å². The van der Waals surface area contributed by atoms with Gasteiger partial charge in [-0.3, -0.25) is 4.79 Å². The summed E-state index contributed by atoms with van der Waals surface area (Å²) in [4.78, 5) is 11.9. The van der Waals surface area contributed by atoms with Crippen LogP contribution in [0.2, 0.25) is 5.02 Å². The zero-order valence-electron chi connectivity index (χ0n) is 10.7. The fraction of sp³-hybridized carbons (Fsp3) is 0.133. The molecule has 0 fully saturated rings. The summed E-state index contributed by atoms with van der Waals surface area (Å²) in [7, 11) is 0. The van der Waals surface area contributed by atoms with Crippen LogP contribution in [0.1, 0.15) is 12.0 Å². The molecule has 2 rings (SSSR count). The molecule has 0 aromatic heterocycles. The second-order valence-electron chi connectivity index (χ2n) is 4.42. The van der Waals surface area contributed by atoms with Crippen molar-refractivity contribution in [1.29, 1.82) is 0 Å². The molecule has 0 radical (unpaired) electrons. The zero-order chi connectivity index (χ0) is 14.5. The van der Waals surface area contributed by atoms with Crippen LogP contribution >= 0.6 is 34.2 Å². The lowest BCUT2D eigenvalue weighted by molar-refractivity contribution is -0.116. The summed E-state index contributed by atoms with van der Waals surface area (Å²) in [5, 5.41) is 3.55. The Morgan fingerprint density at radius 3 is 2.75 bits per heavy atom. The Morgan fingerprint density at radius 1 is 1.25 bits per heavy atom. The summed E-state index contributed by atoms with van der Waals surface area (Å²) in [5.41, 5.74) is 8.27. The Kier molecular flexibility index (Phi) is 5.25. The van der Waals surface area contributed by atoms with Gasteiger partial charge in [0.05, 0.1) is 5.69 Å². The molecule has 3 N–H and O–H groups in total. The van der Waals surface area contributed by atoms with Gasteiger partial charge in [-0.2, -0.15) is 0 Å². The molecule has 0 heterocycles. The Hall–Kier alpha value is -1.27. The van der Waals surface area contributed by atoms with Crippen molar-refractivity contribution in [3.05, 3.63) is 56.6 Å². The number of hydrogen-bond acceptors (Lipinski definition) is 2. The largest absolute Gasteiger partial charge is 0.399 e. The average molecular weight is 401 g/mol. The number of amides is 1. The summed E-state index contributed by atoms with van der Waals surface area (Å²) in [6.45, 7) is 0. The molecule has 0 aliphatic rings. The highest BCUT2D eigenvalue weighted by Gasteiger charge is 2.06. The standard InChI is InChI=1S/C15H14ClIN2O/c16-11-5-6-14(13(17)9-11)19-15(20)7-4-10-2-1-3-12(18)8-10/h1-3,5-6,8-9H,4,7,18H2,(H,19,20). The zero-order valence-corrected chi connectivity index (χ0v) is 13.6. The Bertz CT molecular complexity index is 631. The molecule has 1 amide bonds. The first-order valence-corrected chi connectivity index (χ1v) is 7.59. The minimum atomic E-state index is -0.0207. The molecule has 0 aliphatic heterocycles. The number of aryl methyl sites for hydroxylation is 1. The molecular formula is C15H14ClIN2O. The van der Waals surface area contributed by atoms with E-state index in [1.165, 1.54) is 0 Å². The highest BCUT2D eigenvalue weighted by molar-refractivity contribution is 14.1. The quantitative estimate of drug-likeness (QED) is 0.600. The van der Waals surface area contributed by atoms with Crippen molar-refractivity contribution in [2.24, 2.45) is 0 Å². The van der Waals surface area contributed by atoms with Crippen LogP contribution in [0.5, 0.6) is 0 Å². The molecule has 0 spiro atoms. The smallest absolute Gasteiger partial charge is 0.224 e. The number of carbonyl (C=O) groups is 1. The molecule has 0 bridgehead atoms. The predicted octanol–water partition coefficient (Wildman–Crippen LogP) is 4.10. The van der Waals surface area contributed by atoms with Crippen LogP contribution in [0.25, 0.3) is 0 Å². The van der Waals surface area contributed by atoms with Crippen LogP contribution in [-0.4, -0.2) is 5.91 Å². The maximum Gasteiger partial charge on any atom is 0.224 e. The van der Waals surface area contributed by atoms with Gasteiger partial charge in [-0.05, 0) is 64.9 Å². The number of hydrogen-bond donors (Lipinski definition) is 2. The molecular weight excluding hydrogens is 387 g/mol. The molecule has 104 valence electrons. The Labute approximate surface area is 136 Å². The molecule has 20 heavy (non-hydrogen) atoms. The molecule has 0 aliphatic carbocycles. The maximum atomic E-state index is 11.9. The average Bonchev–Trinajstić information content (AvgIpc) is 2.40. The first-order valence-electron chi connectivity index (χ1n) is 6.14. The van der Waals surface area contributed by atoms with E-state index in [0.717, 1.165) is 20.5 Å². The molecule has 2 aromatic rings. The number of rotatable bonds is 4. The molecule has 3 nitrogen and oxygen atoms in total. The van der Waals surface area contributed by atoms with E-state index in [1.807, 2.05) is 36.4 Å². The summed E-state index contributed by atoms with van der Waals surface area (Å²) in [5.74, 6) is -0.0207. The predicted molar refractivity (Wildman–Crippen MR) is 92.0 cm³/mol. The minimum absolute atomic E-state index is 0.0207. The van der Waals surface area contributed by atoms with Gasteiger partial charge in [-0.15, -0.1) is 0 Å². The van der Waals surface area contributed by atoms with Gasteiger partial charge in [-0.1, -0.05) is 23.7 Å². The first-order chi connectivity index (χ1) is 9.54. The van der Waals surface area contributed by atoms with Gasteiger partial charge in [0.2, 0.25) is 5.91 Å². The molecule has 5 heteroatoms. The fourth-order valence-electron chi connectivity index (χ4n) is 1.81. The minimum Gasteiger partial charge on any atom is -0.399 e. The lowest BCUT2D eigenvalue weighted by Gasteiger charge is -2.08. The van der Waals surface area contributed by atoms with E-state index < -0.39 is 0 Å². The lowest BCUT2D eigenvalue weighted by Crippen LogP contribution is -2.13. The third-order valence-electron chi connectivity index (χ3n) is 2.80. The van der Waals surface area contributed by atoms with Crippen molar-refractivity contribution in [3.8, 4) is 0 Å².